The van der Waals surface area contributed by atoms with Crippen molar-refractivity contribution in [3.8, 4) is 10.4 Å². The average Bonchev–Trinajstić information content (AvgIpc) is 2.95. The number of alkyl halides is 3. The minimum atomic E-state index is -4.45. The van der Waals surface area contributed by atoms with Gasteiger partial charge in [-0.3, -0.25) is 9.59 Å². The van der Waals surface area contributed by atoms with Crippen LogP contribution >= 0.6 is 11.3 Å². The summed E-state index contributed by atoms with van der Waals surface area (Å²) in [5, 5.41) is 3.06. The van der Waals surface area contributed by atoms with E-state index in [-0.39, 0.29) is 28.9 Å². The number of carbonyl (C=O) groups excluding carboxylic acids is 2. The van der Waals surface area contributed by atoms with E-state index >= 15 is 0 Å². The van der Waals surface area contributed by atoms with Crippen molar-refractivity contribution in [2.75, 3.05) is 6.54 Å². The number of ketones is 1. The molecule has 9 heteroatoms. The molecule has 1 amide bonds. The fourth-order valence-corrected chi connectivity index (χ4v) is 3.40. The number of hydrogen-bond acceptors (Lipinski definition) is 5. The Hall–Kier alpha value is -2.26. The number of primary amides is 1. The van der Waals surface area contributed by atoms with E-state index in [2.05, 4.69) is 10.3 Å². The second-order valence-electron chi connectivity index (χ2n) is 5.70. The molecule has 1 fully saturated rings. The molecule has 1 saturated heterocycles. The highest BCUT2D eigenvalue weighted by molar-refractivity contribution is 7.17. The van der Waals surface area contributed by atoms with Crippen LogP contribution in [-0.2, 0) is 6.18 Å². The fourth-order valence-electron chi connectivity index (χ4n) is 2.46. The first-order valence-corrected chi connectivity index (χ1v) is 8.32. The minimum absolute atomic E-state index is 0.0418. The van der Waals surface area contributed by atoms with Gasteiger partial charge in [-0.15, -0.1) is 11.3 Å². The van der Waals surface area contributed by atoms with Crippen LogP contribution in [0.1, 0.15) is 38.7 Å². The molecule has 25 heavy (non-hydrogen) atoms. The number of amides is 1. The lowest BCUT2D eigenvalue weighted by atomic mass is 9.98. The van der Waals surface area contributed by atoms with Crippen molar-refractivity contribution < 1.29 is 22.8 Å². The average molecular weight is 369 g/mol. The van der Waals surface area contributed by atoms with Crippen LogP contribution in [0.5, 0.6) is 0 Å². The molecule has 0 saturated carbocycles. The van der Waals surface area contributed by atoms with Crippen LogP contribution in [0, 0.1) is 0 Å². The summed E-state index contributed by atoms with van der Waals surface area (Å²) < 4.78 is 38.1. The van der Waals surface area contributed by atoms with Crippen LogP contribution in [0.4, 0.5) is 13.2 Å². The number of hydrogen-bond donors (Lipinski definition) is 2. The predicted molar refractivity (Wildman–Crippen MR) is 86.4 cm³/mol. The Bertz CT molecular complexity index is 811. The summed E-state index contributed by atoms with van der Waals surface area (Å²) >= 11 is 0.907. The third-order valence-electron chi connectivity index (χ3n) is 3.93. The molecule has 1 aromatic carbocycles. The van der Waals surface area contributed by atoms with Crippen LogP contribution < -0.4 is 11.1 Å². The van der Waals surface area contributed by atoms with Gasteiger partial charge in [-0.2, -0.15) is 13.2 Å². The van der Waals surface area contributed by atoms with Crippen LogP contribution in [0.25, 0.3) is 10.4 Å². The largest absolute Gasteiger partial charge is 0.416 e. The Morgan fingerprint density at radius 2 is 1.92 bits per heavy atom. The first-order chi connectivity index (χ1) is 11.8. The van der Waals surface area contributed by atoms with Gasteiger partial charge in [-0.25, -0.2) is 4.98 Å². The van der Waals surface area contributed by atoms with Gasteiger partial charge in [0.25, 0.3) is 5.91 Å². The summed E-state index contributed by atoms with van der Waals surface area (Å²) in [6.45, 7) is 0.841. The molecular formula is C16H14F3N3O2S. The lowest BCUT2D eigenvalue weighted by Gasteiger charge is -2.26. The molecule has 0 radical (unpaired) electrons. The maximum Gasteiger partial charge on any atom is 0.416 e. The zero-order valence-electron chi connectivity index (χ0n) is 12.9. The number of Topliss-reactive ketones (excluding diaryl/α,β-unsaturated/α-hetero) is 1. The van der Waals surface area contributed by atoms with Gasteiger partial charge in [0.2, 0.25) is 0 Å². The molecular weight excluding hydrogens is 355 g/mol. The van der Waals surface area contributed by atoms with E-state index in [0.717, 1.165) is 36.4 Å². The number of nitrogens with zero attached hydrogens (tertiary/aromatic N) is 1. The molecule has 5 nitrogen and oxygen atoms in total. The number of thiazole rings is 1. The van der Waals surface area contributed by atoms with Crippen molar-refractivity contribution in [2.45, 2.75) is 25.1 Å². The van der Waals surface area contributed by atoms with Crippen molar-refractivity contribution in [1.82, 2.24) is 10.3 Å². The highest BCUT2D eigenvalue weighted by Gasteiger charge is 2.31. The quantitative estimate of drug-likeness (QED) is 0.794. The molecule has 1 aliphatic rings. The SMILES string of the molecule is NC(=O)c1nc(C(=O)CC2CCN2)c(-c2ccc(C(F)(F)F)cc2)s1. The van der Waals surface area contributed by atoms with Crippen molar-refractivity contribution in [3.63, 3.8) is 0 Å². The first kappa shape index (κ1) is 17.6. The predicted octanol–water partition coefficient (Wildman–Crippen LogP) is 2.86. The maximum absolute atomic E-state index is 12.7. The van der Waals surface area contributed by atoms with Gasteiger partial charge in [0, 0.05) is 12.5 Å². The molecule has 132 valence electrons. The van der Waals surface area contributed by atoms with Gasteiger partial charge < -0.3 is 11.1 Å². The molecule has 3 N–H and O–H groups in total. The third-order valence-corrected chi connectivity index (χ3v) is 5.05. The molecule has 1 unspecified atom stereocenters. The van der Waals surface area contributed by atoms with E-state index in [9.17, 15) is 22.8 Å². The minimum Gasteiger partial charge on any atom is -0.364 e. The highest BCUT2D eigenvalue weighted by atomic mass is 32.1. The van der Waals surface area contributed by atoms with E-state index < -0.39 is 17.6 Å². The number of carbonyl (C=O) groups is 2. The van der Waals surface area contributed by atoms with Crippen molar-refractivity contribution >= 4 is 23.0 Å². The van der Waals surface area contributed by atoms with Gasteiger partial charge in [0.05, 0.1) is 10.4 Å². The van der Waals surface area contributed by atoms with Crippen LogP contribution in [0.15, 0.2) is 24.3 Å². The van der Waals surface area contributed by atoms with Crippen LogP contribution in [0.3, 0.4) is 0 Å². The zero-order valence-corrected chi connectivity index (χ0v) is 13.7. The lowest BCUT2D eigenvalue weighted by molar-refractivity contribution is -0.137. The summed E-state index contributed by atoms with van der Waals surface area (Å²) in [6.07, 6.45) is -3.36. The Kier molecular flexibility index (Phi) is 4.61. The molecule has 0 spiro atoms. The molecule has 2 aromatic rings. The fraction of sp³-hybridized carbons (Fsp3) is 0.312. The van der Waals surface area contributed by atoms with Gasteiger partial charge in [0.15, 0.2) is 10.8 Å². The summed E-state index contributed by atoms with van der Waals surface area (Å²) in [5.74, 6) is -1.05. The summed E-state index contributed by atoms with van der Waals surface area (Å²) in [7, 11) is 0. The van der Waals surface area contributed by atoms with Crippen molar-refractivity contribution in [2.24, 2.45) is 5.73 Å². The van der Waals surface area contributed by atoms with Gasteiger partial charge in [0.1, 0.15) is 5.69 Å². The highest BCUT2D eigenvalue weighted by Crippen LogP contribution is 2.35. The van der Waals surface area contributed by atoms with E-state index in [1.165, 1.54) is 12.1 Å². The van der Waals surface area contributed by atoms with E-state index in [0.29, 0.717) is 10.4 Å². The maximum atomic E-state index is 12.7. The number of halogens is 3. The molecule has 3 rings (SSSR count). The molecule has 1 aromatic heterocycles. The topological polar surface area (TPSA) is 85.1 Å². The van der Waals surface area contributed by atoms with Crippen molar-refractivity contribution in [3.05, 3.63) is 40.5 Å². The summed E-state index contributed by atoms with van der Waals surface area (Å²) in [4.78, 5) is 28.2. The zero-order chi connectivity index (χ0) is 18.2. The van der Waals surface area contributed by atoms with Gasteiger partial charge >= 0.3 is 6.18 Å². The molecule has 0 aliphatic carbocycles. The van der Waals surface area contributed by atoms with Gasteiger partial charge in [-0.05, 0) is 30.7 Å². The molecule has 1 atom stereocenters. The number of nitrogens with two attached hydrogens (primary N) is 1. The Morgan fingerprint density at radius 1 is 1.28 bits per heavy atom. The normalized spacial score (nSPS) is 17.2. The Morgan fingerprint density at radius 3 is 2.40 bits per heavy atom. The Labute approximate surface area is 145 Å². The number of nitrogens with one attached hydrogen (secondary N) is 1. The van der Waals surface area contributed by atoms with E-state index in [1.54, 1.807) is 0 Å². The number of benzene rings is 1. The third kappa shape index (κ3) is 3.72. The molecule has 0 bridgehead atoms. The van der Waals surface area contributed by atoms with E-state index in [1.807, 2.05) is 0 Å². The van der Waals surface area contributed by atoms with Crippen LogP contribution in [0.2, 0.25) is 0 Å². The molecule has 1 aliphatic heterocycles. The second kappa shape index (κ2) is 6.57. The monoisotopic (exact) mass is 369 g/mol. The standard InChI is InChI=1S/C16H14F3N3O2S/c17-16(18,19)9-3-1-8(2-4-9)13-12(22-15(25-13)14(20)24)11(23)7-10-5-6-21-10/h1-4,10,21H,5-7H2,(H2,20,24). The van der Waals surface area contributed by atoms with Crippen molar-refractivity contribution in [1.29, 1.82) is 0 Å². The lowest BCUT2D eigenvalue weighted by Crippen LogP contribution is -2.44. The summed E-state index contributed by atoms with van der Waals surface area (Å²) in [6, 6.07) is 4.45. The number of aromatic nitrogens is 1. The smallest absolute Gasteiger partial charge is 0.364 e. The van der Waals surface area contributed by atoms with Crippen LogP contribution in [-0.4, -0.2) is 29.3 Å². The first-order valence-electron chi connectivity index (χ1n) is 7.50. The van der Waals surface area contributed by atoms with Gasteiger partial charge in [-0.1, -0.05) is 12.1 Å². The molecule has 2 heterocycles. The summed E-state index contributed by atoms with van der Waals surface area (Å²) in [5.41, 5.74) is 4.91. The number of rotatable bonds is 5. The second-order valence-corrected chi connectivity index (χ2v) is 6.70. The Balaban J connectivity index is 1.96. The van der Waals surface area contributed by atoms with E-state index in [4.69, 9.17) is 5.73 Å².